The summed E-state index contributed by atoms with van der Waals surface area (Å²) in [6.45, 7) is 1.33. The molecule has 0 atom stereocenters. The fraction of sp³-hybridized carbons (Fsp3) is 0.588. The van der Waals surface area contributed by atoms with Crippen LogP contribution in [0.2, 0.25) is 0 Å². The molecule has 0 aromatic heterocycles. The zero-order valence-corrected chi connectivity index (χ0v) is 12.3. The lowest BCUT2D eigenvalue weighted by Gasteiger charge is -2.29. The van der Waals surface area contributed by atoms with Gasteiger partial charge in [-0.25, -0.2) is 0 Å². The van der Waals surface area contributed by atoms with Crippen molar-refractivity contribution in [2.24, 2.45) is 5.92 Å². The minimum Gasteiger partial charge on any atom is -0.384 e. The molecule has 1 aromatic carbocycles. The van der Waals surface area contributed by atoms with E-state index in [1.165, 1.54) is 31.2 Å². The lowest BCUT2D eigenvalue weighted by atomic mass is 9.79. The molecule has 0 aliphatic heterocycles. The van der Waals surface area contributed by atoms with E-state index < -0.39 is 0 Å². The van der Waals surface area contributed by atoms with Crippen LogP contribution in [0.3, 0.4) is 0 Å². The van der Waals surface area contributed by atoms with E-state index in [1.54, 1.807) is 7.11 Å². The Balaban J connectivity index is 1.68. The Bertz CT molecular complexity index is 397. The monoisotopic (exact) mass is 275 g/mol. The van der Waals surface area contributed by atoms with E-state index in [0.717, 1.165) is 6.54 Å². The Morgan fingerprint density at radius 3 is 2.55 bits per heavy atom. The molecule has 110 valence electrons. The van der Waals surface area contributed by atoms with Gasteiger partial charge in [0.05, 0.1) is 6.61 Å². The Morgan fingerprint density at radius 2 is 1.90 bits per heavy atom. The average Bonchev–Trinajstić information content (AvgIpc) is 2.52. The second kappa shape index (κ2) is 8.05. The summed E-state index contributed by atoms with van der Waals surface area (Å²) in [6, 6.07) is 10.8. The van der Waals surface area contributed by atoms with Gasteiger partial charge in [-0.3, -0.25) is 4.79 Å². The Morgan fingerprint density at radius 1 is 1.20 bits per heavy atom. The smallest absolute Gasteiger partial charge is 0.222 e. The molecule has 0 saturated heterocycles. The first-order chi connectivity index (χ1) is 9.79. The highest BCUT2D eigenvalue weighted by Crippen LogP contribution is 2.35. The topological polar surface area (TPSA) is 38.3 Å². The zero-order valence-electron chi connectivity index (χ0n) is 12.3. The van der Waals surface area contributed by atoms with Crippen LogP contribution >= 0.6 is 0 Å². The molecule has 1 aliphatic carbocycles. The van der Waals surface area contributed by atoms with Crippen LogP contribution in [0.5, 0.6) is 0 Å². The first kappa shape index (κ1) is 15.0. The summed E-state index contributed by atoms with van der Waals surface area (Å²) < 4.78 is 4.91. The van der Waals surface area contributed by atoms with E-state index in [4.69, 9.17) is 4.74 Å². The third-order valence-electron chi connectivity index (χ3n) is 4.24. The maximum absolute atomic E-state index is 11.5. The van der Waals surface area contributed by atoms with E-state index in [-0.39, 0.29) is 5.91 Å². The number of amides is 1. The van der Waals surface area contributed by atoms with Crippen molar-refractivity contribution in [1.29, 1.82) is 0 Å². The van der Waals surface area contributed by atoms with Gasteiger partial charge in [0, 0.05) is 20.1 Å². The normalized spacial score (nSPS) is 22.4. The molecule has 0 radical (unpaired) electrons. The van der Waals surface area contributed by atoms with Gasteiger partial charge in [-0.15, -0.1) is 0 Å². The Hall–Kier alpha value is -1.35. The fourth-order valence-electron chi connectivity index (χ4n) is 2.97. The molecule has 1 N–H and O–H groups in total. The van der Waals surface area contributed by atoms with E-state index >= 15 is 0 Å². The van der Waals surface area contributed by atoms with Crippen LogP contribution in [0.1, 0.15) is 43.6 Å². The molecule has 1 saturated carbocycles. The molecule has 1 aromatic rings. The van der Waals surface area contributed by atoms with Crippen molar-refractivity contribution in [2.45, 2.75) is 38.0 Å². The van der Waals surface area contributed by atoms with Crippen molar-refractivity contribution in [1.82, 2.24) is 5.32 Å². The summed E-state index contributed by atoms with van der Waals surface area (Å²) in [6.07, 6.45) is 5.37. The van der Waals surface area contributed by atoms with Gasteiger partial charge in [0.15, 0.2) is 0 Å². The predicted octanol–water partition coefficient (Wildman–Crippen LogP) is 3.11. The summed E-state index contributed by atoms with van der Waals surface area (Å²) in [5.41, 5.74) is 1.47. The van der Waals surface area contributed by atoms with Gasteiger partial charge in [0.2, 0.25) is 5.91 Å². The van der Waals surface area contributed by atoms with Crippen LogP contribution in [0, 0.1) is 5.92 Å². The second-order valence-electron chi connectivity index (χ2n) is 5.68. The van der Waals surface area contributed by atoms with E-state index in [9.17, 15) is 4.79 Å². The quantitative estimate of drug-likeness (QED) is 0.866. The number of hydrogen-bond donors (Lipinski definition) is 1. The number of benzene rings is 1. The van der Waals surface area contributed by atoms with E-state index in [2.05, 4.69) is 35.6 Å². The Kier molecular flexibility index (Phi) is 6.06. The summed E-state index contributed by atoms with van der Waals surface area (Å²) >= 11 is 0. The number of ether oxygens (including phenoxy) is 1. The van der Waals surface area contributed by atoms with Gasteiger partial charge < -0.3 is 10.1 Å². The Labute approximate surface area is 121 Å². The number of carbonyl (C=O) groups is 1. The van der Waals surface area contributed by atoms with E-state index in [1.807, 2.05) is 0 Å². The zero-order chi connectivity index (χ0) is 14.2. The fourth-order valence-corrected chi connectivity index (χ4v) is 2.97. The third kappa shape index (κ3) is 4.64. The molecular weight excluding hydrogens is 250 g/mol. The molecule has 0 unspecified atom stereocenters. The van der Waals surface area contributed by atoms with Crippen LogP contribution in [-0.2, 0) is 9.53 Å². The highest BCUT2D eigenvalue weighted by molar-refractivity contribution is 5.75. The van der Waals surface area contributed by atoms with Crippen LogP contribution in [0.15, 0.2) is 30.3 Å². The summed E-state index contributed by atoms with van der Waals surface area (Å²) in [7, 11) is 1.62. The third-order valence-corrected chi connectivity index (χ3v) is 4.24. The maximum Gasteiger partial charge on any atom is 0.222 e. The van der Waals surface area contributed by atoms with Crippen molar-refractivity contribution >= 4 is 5.91 Å². The van der Waals surface area contributed by atoms with Gasteiger partial charge in [0.25, 0.3) is 0 Å². The highest BCUT2D eigenvalue weighted by atomic mass is 16.5. The highest BCUT2D eigenvalue weighted by Gasteiger charge is 2.22. The molecular formula is C17H25NO2. The molecule has 1 amide bonds. The molecule has 20 heavy (non-hydrogen) atoms. The van der Waals surface area contributed by atoms with Crippen molar-refractivity contribution in [2.75, 3.05) is 20.3 Å². The SMILES string of the molecule is COCCC(=O)NCC1CCC(c2ccccc2)CC1. The van der Waals surface area contributed by atoms with E-state index in [0.29, 0.717) is 24.9 Å². The van der Waals surface area contributed by atoms with Crippen molar-refractivity contribution < 1.29 is 9.53 Å². The average molecular weight is 275 g/mol. The van der Waals surface area contributed by atoms with Crippen molar-refractivity contribution in [3.05, 3.63) is 35.9 Å². The number of rotatable bonds is 6. The first-order valence-electron chi connectivity index (χ1n) is 7.60. The van der Waals surface area contributed by atoms with Crippen LogP contribution in [0.25, 0.3) is 0 Å². The van der Waals surface area contributed by atoms with Crippen LogP contribution < -0.4 is 5.32 Å². The maximum atomic E-state index is 11.5. The van der Waals surface area contributed by atoms with Gasteiger partial charge in [0.1, 0.15) is 0 Å². The summed E-state index contributed by atoms with van der Waals surface area (Å²) in [5.74, 6) is 1.45. The molecule has 0 spiro atoms. The molecule has 0 bridgehead atoms. The molecule has 1 aliphatic rings. The minimum atomic E-state index is 0.108. The number of carbonyl (C=O) groups excluding carboxylic acids is 1. The number of nitrogens with one attached hydrogen (secondary N) is 1. The predicted molar refractivity (Wildman–Crippen MR) is 80.6 cm³/mol. The van der Waals surface area contributed by atoms with Crippen molar-refractivity contribution in [3.8, 4) is 0 Å². The van der Waals surface area contributed by atoms with Gasteiger partial charge in [-0.05, 0) is 43.1 Å². The molecule has 2 rings (SSSR count). The minimum absolute atomic E-state index is 0.108. The standard InChI is InChI=1S/C17H25NO2/c1-20-12-11-17(19)18-13-14-7-9-16(10-8-14)15-5-3-2-4-6-15/h2-6,14,16H,7-13H2,1H3,(H,18,19). The number of hydrogen-bond acceptors (Lipinski definition) is 2. The lowest BCUT2D eigenvalue weighted by Crippen LogP contribution is -2.31. The first-order valence-corrected chi connectivity index (χ1v) is 7.60. The molecule has 3 heteroatoms. The molecule has 1 fully saturated rings. The van der Waals surface area contributed by atoms with Gasteiger partial charge in [-0.2, -0.15) is 0 Å². The van der Waals surface area contributed by atoms with Gasteiger partial charge in [-0.1, -0.05) is 30.3 Å². The summed E-state index contributed by atoms with van der Waals surface area (Å²) in [5, 5.41) is 3.02. The van der Waals surface area contributed by atoms with Gasteiger partial charge >= 0.3 is 0 Å². The lowest BCUT2D eigenvalue weighted by molar-refractivity contribution is -0.122. The molecule has 0 heterocycles. The van der Waals surface area contributed by atoms with Crippen LogP contribution in [0.4, 0.5) is 0 Å². The number of methoxy groups -OCH3 is 1. The summed E-state index contributed by atoms with van der Waals surface area (Å²) in [4.78, 5) is 11.5. The van der Waals surface area contributed by atoms with Crippen molar-refractivity contribution in [3.63, 3.8) is 0 Å². The molecule has 3 nitrogen and oxygen atoms in total. The van der Waals surface area contributed by atoms with Crippen LogP contribution in [-0.4, -0.2) is 26.2 Å². The largest absolute Gasteiger partial charge is 0.384 e. The second-order valence-corrected chi connectivity index (χ2v) is 5.68.